The Balaban J connectivity index is 1.86. The van der Waals surface area contributed by atoms with E-state index in [2.05, 4.69) is 16.0 Å². The van der Waals surface area contributed by atoms with Crippen LogP contribution in [-0.2, 0) is 4.79 Å². The minimum Gasteiger partial charge on any atom is -0.454 e. The van der Waals surface area contributed by atoms with Crippen LogP contribution in [0.25, 0.3) is 0 Å². The van der Waals surface area contributed by atoms with Crippen LogP contribution in [0, 0.1) is 0 Å². The van der Waals surface area contributed by atoms with Gasteiger partial charge in [-0.15, -0.1) is 0 Å². The molecule has 0 spiro atoms. The number of anilines is 1. The molecule has 22 heavy (non-hydrogen) atoms. The van der Waals surface area contributed by atoms with Gasteiger partial charge in [0.25, 0.3) is 0 Å². The van der Waals surface area contributed by atoms with Crippen molar-refractivity contribution in [2.24, 2.45) is 0 Å². The summed E-state index contributed by atoms with van der Waals surface area (Å²) in [5.41, 5.74) is 0.566. The number of benzene rings is 1. The van der Waals surface area contributed by atoms with Crippen LogP contribution in [0.2, 0.25) is 0 Å². The molecule has 1 heterocycles. The highest BCUT2D eigenvalue weighted by atomic mass is 16.7. The lowest BCUT2D eigenvalue weighted by Crippen LogP contribution is -2.48. The second kappa shape index (κ2) is 7.02. The van der Waals surface area contributed by atoms with Crippen molar-refractivity contribution in [1.82, 2.24) is 10.6 Å². The number of hydrogen-bond donors (Lipinski definition) is 3. The highest BCUT2D eigenvalue weighted by molar-refractivity contribution is 5.93. The topological polar surface area (TPSA) is 88.7 Å². The third kappa shape index (κ3) is 4.03. The molecule has 0 radical (unpaired) electrons. The summed E-state index contributed by atoms with van der Waals surface area (Å²) in [7, 11) is 0. The molecular weight excluding hydrogens is 286 g/mol. The molecule has 2 atom stereocenters. The highest BCUT2D eigenvalue weighted by Crippen LogP contribution is 2.34. The van der Waals surface area contributed by atoms with E-state index in [1.54, 1.807) is 25.1 Å². The maximum atomic E-state index is 11.9. The van der Waals surface area contributed by atoms with Crippen LogP contribution in [-0.4, -0.2) is 30.8 Å². The van der Waals surface area contributed by atoms with Crippen molar-refractivity contribution in [2.75, 3.05) is 12.1 Å². The number of carbonyl (C=O) groups excluding carboxylic acids is 2. The fourth-order valence-electron chi connectivity index (χ4n) is 1.87. The van der Waals surface area contributed by atoms with E-state index in [1.807, 2.05) is 13.8 Å². The Morgan fingerprint density at radius 3 is 2.64 bits per heavy atom. The summed E-state index contributed by atoms with van der Waals surface area (Å²) >= 11 is 0. The first-order valence-electron chi connectivity index (χ1n) is 7.27. The van der Waals surface area contributed by atoms with Crippen molar-refractivity contribution in [2.45, 2.75) is 39.3 Å². The van der Waals surface area contributed by atoms with Gasteiger partial charge in [0.2, 0.25) is 12.7 Å². The molecule has 0 saturated heterocycles. The van der Waals surface area contributed by atoms with Crippen LogP contribution in [0.1, 0.15) is 27.2 Å². The Morgan fingerprint density at radius 2 is 1.91 bits per heavy atom. The van der Waals surface area contributed by atoms with E-state index in [0.29, 0.717) is 17.2 Å². The molecule has 0 unspecified atom stereocenters. The van der Waals surface area contributed by atoms with Crippen molar-refractivity contribution in [3.05, 3.63) is 18.2 Å². The molecule has 0 fully saturated rings. The Bertz CT molecular complexity index is 562. The van der Waals surface area contributed by atoms with E-state index in [1.165, 1.54) is 0 Å². The minimum atomic E-state index is -0.622. The molecule has 3 amide bonds. The van der Waals surface area contributed by atoms with Crippen LogP contribution in [0.5, 0.6) is 11.5 Å². The Hall–Kier alpha value is -2.44. The molecule has 0 aliphatic carbocycles. The monoisotopic (exact) mass is 307 g/mol. The number of hydrogen-bond acceptors (Lipinski definition) is 4. The number of carbonyl (C=O) groups is 2. The fourth-order valence-corrected chi connectivity index (χ4v) is 1.87. The number of nitrogens with one attached hydrogen (secondary N) is 3. The number of ether oxygens (including phenoxy) is 2. The van der Waals surface area contributed by atoms with Crippen LogP contribution in [0.15, 0.2) is 18.2 Å². The maximum Gasteiger partial charge on any atom is 0.319 e. The van der Waals surface area contributed by atoms with Gasteiger partial charge in [0.05, 0.1) is 0 Å². The summed E-state index contributed by atoms with van der Waals surface area (Å²) in [6, 6.07) is 4.10. The Morgan fingerprint density at radius 1 is 1.18 bits per heavy atom. The lowest BCUT2D eigenvalue weighted by atomic mass is 10.2. The molecule has 120 valence electrons. The van der Waals surface area contributed by atoms with E-state index in [0.717, 1.165) is 6.42 Å². The zero-order valence-electron chi connectivity index (χ0n) is 12.9. The standard InChI is InChI=1S/C15H21N3O4/c1-4-9(2)16-14(19)10(3)17-15(20)18-11-5-6-12-13(7-11)22-8-21-12/h5-7,9-10H,4,8H2,1-3H3,(H,16,19)(H2,17,18,20)/t9-,10-/m1/s1. The van der Waals surface area contributed by atoms with Gasteiger partial charge in [-0.05, 0) is 32.4 Å². The van der Waals surface area contributed by atoms with Crippen LogP contribution >= 0.6 is 0 Å². The summed E-state index contributed by atoms with van der Waals surface area (Å²) in [5.74, 6) is 1.02. The smallest absolute Gasteiger partial charge is 0.319 e. The summed E-state index contributed by atoms with van der Waals surface area (Å²) in [5, 5.41) is 8.06. The summed E-state index contributed by atoms with van der Waals surface area (Å²) in [6.45, 7) is 5.71. The molecule has 7 heteroatoms. The van der Waals surface area contributed by atoms with Crippen molar-refractivity contribution in [3.8, 4) is 11.5 Å². The van der Waals surface area contributed by atoms with Crippen molar-refractivity contribution in [3.63, 3.8) is 0 Å². The van der Waals surface area contributed by atoms with Crippen LogP contribution in [0.3, 0.4) is 0 Å². The van der Waals surface area contributed by atoms with Crippen molar-refractivity contribution >= 4 is 17.6 Å². The molecule has 3 N–H and O–H groups in total. The van der Waals surface area contributed by atoms with Gasteiger partial charge in [-0.1, -0.05) is 6.92 Å². The molecule has 7 nitrogen and oxygen atoms in total. The third-order valence-electron chi connectivity index (χ3n) is 3.37. The third-order valence-corrected chi connectivity index (χ3v) is 3.37. The lowest BCUT2D eigenvalue weighted by molar-refractivity contribution is -0.123. The van der Waals surface area contributed by atoms with Gasteiger partial charge in [0.1, 0.15) is 6.04 Å². The van der Waals surface area contributed by atoms with E-state index >= 15 is 0 Å². The normalized spacial score (nSPS) is 14.9. The van der Waals surface area contributed by atoms with Crippen LogP contribution in [0.4, 0.5) is 10.5 Å². The zero-order chi connectivity index (χ0) is 16.1. The van der Waals surface area contributed by atoms with Crippen molar-refractivity contribution < 1.29 is 19.1 Å². The predicted molar refractivity (Wildman–Crippen MR) is 82.1 cm³/mol. The molecule has 1 aromatic carbocycles. The van der Waals surface area contributed by atoms with Gasteiger partial charge in [0, 0.05) is 17.8 Å². The highest BCUT2D eigenvalue weighted by Gasteiger charge is 2.18. The number of urea groups is 1. The molecule has 1 aliphatic heterocycles. The van der Waals surface area contributed by atoms with Gasteiger partial charge < -0.3 is 25.4 Å². The quantitative estimate of drug-likeness (QED) is 0.774. The van der Waals surface area contributed by atoms with E-state index in [4.69, 9.17) is 9.47 Å². The fraction of sp³-hybridized carbons (Fsp3) is 0.467. The van der Waals surface area contributed by atoms with Gasteiger partial charge in [0.15, 0.2) is 11.5 Å². The Kier molecular flexibility index (Phi) is 5.08. The maximum absolute atomic E-state index is 11.9. The summed E-state index contributed by atoms with van der Waals surface area (Å²) in [6.07, 6.45) is 0.835. The average Bonchev–Trinajstić information content (AvgIpc) is 2.94. The van der Waals surface area contributed by atoms with E-state index < -0.39 is 12.1 Å². The first-order valence-corrected chi connectivity index (χ1v) is 7.27. The molecule has 2 rings (SSSR count). The van der Waals surface area contributed by atoms with Gasteiger partial charge in [-0.3, -0.25) is 4.79 Å². The van der Waals surface area contributed by atoms with Gasteiger partial charge in [-0.2, -0.15) is 0 Å². The second-order valence-corrected chi connectivity index (χ2v) is 5.21. The summed E-state index contributed by atoms with van der Waals surface area (Å²) in [4.78, 5) is 23.8. The number of fused-ring (bicyclic) bond motifs is 1. The number of rotatable bonds is 5. The van der Waals surface area contributed by atoms with E-state index in [9.17, 15) is 9.59 Å². The largest absolute Gasteiger partial charge is 0.454 e. The van der Waals surface area contributed by atoms with Gasteiger partial charge >= 0.3 is 6.03 Å². The lowest BCUT2D eigenvalue weighted by Gasteiger charge is -2.17. The second-order valence-electron chi connectivity index (χ2n) is 5.21. The summed E-state index contributed by atoms with van der Waals surface area (Å²) < 4.78 is 10.4. The number of amides is 3. The average molecular weight is 307 g/mol. The molecule has 1 aromatic rings. The SMILES string of the molecule is CC[C@@H](C)NC(=O)[C@@H](C)NC(=O)Nc1ccc2c(c1)OCO2. The molecular formula is C15H21N3O4. The van der Waals surface area contributed by atoms with Crippen molar-refractivity contribution in [1.29, 1.82) is 0 Å². The Labute approximate surface area is 129 Å². The predicted octanol–water partition coefficient (Wildman–Crippen LogP) is 1.84. The van der Waals surface area contributed by atoms with Gasteiger partial charge in [-0.25, -0.2) is 4.79 Å². The first-order chi connectivity index (χ1) is 10.5. The molecule has 0 bridgehead atoms. The minimum absolute atomic E-state index is 0.0775. The molecule has 0 saturated carbocycles. The van der Waals surface area contributed by atoms with E-state index in [-0.39, 0.29) is 18.7 Å². The molecule has 0 aromatic heterocycles. The molecule has 1 aliphatic rings. The van der Waals surface area contributed by atoms with Crippen LogP contribution < -0.4 is 25.4 Å². The zero-order valence-corrected chi connectivity index (χ0v) is 12.9. The first kappa shape index (κ1) is 15.9.